The van der Waals surface area contributed by atoms with E-state index < -0.39 is 19.0 Å². The highest BCUT2D eigenvalue weighted by molar-refractivity contribution is 6.45. The fraction of sp³-hybridized carbons (Fsp3) is 0.750. The monoisotopic (exact) mass is 370 g/mol. The lowest BCUT2D eigenvalue weighted by Crippen LogP contribution is -2.57. The standard InChI is InChI=1S/C16H22BClF2N4O/c1-17(25)24-12-7-11(8-13(24)16(19,20)9-12)23-5-3-2-4-10-6-14(18)21-22-15(10)23/h6,11-13,25H,2-5,7-9H2,1H3/t11-,12?,13-/m1/s1. The summed E-state index contributed by atoms with van der Waals surface area (Å²) < 4.78 is 28.9. The molecule has 5 nitrogen and oxygen atoms in total. The zero-order valence-corrected chi connectivity index (χ0v) is 15.0. The van der Waals surface area contributed by atoms with Gasteiger partial charge in [0.25, 0.3) is 5.92 Å². The Morgan fingerprint density at radius 1 is 1.28 bits per heavy atom. The van der Waals surface area contributed by atoms with Gasteiger partial charge in [0.15, 0.2) is 11.0 Å². The second-order valence-corrected chi connectivity index (χ2v) is 7.89. The number of hydrogen-bond acceptors (Lipinski definition) is 5. The number of halogens is 3. The van der Waals surface area contributed by atoms with E-state index in [0.29, 0.717) is 18.0 Å². The maximum Gasteiger partial charge on any atom is 0.377 e. The zero-order chi connectivity index (χ0) is 17.8. The first-order valence-electron chi connectivity index (χ1n) is 8.99. The Morgan fingerprint density at radius 2 is 2.08 bits per heavy atom. The van der Waals surface area contributed by atoms with Crippen molar-refractivity contribution in [3.8, 4) is 0 Å². The van der Waals surface area contributed by atoms with Crippen molar-refractivity contribution in [3.05, 3.63) is 16.8 Å². The first-order valence-corrected chi connectivity index (χ1v) is 9.36. The van der Waals surface area contributed by atoms with E-state index in [9.17, 15) is 13.8 Å². The number of aromatic nitrogens is 2. The lowest BCUT2D eigenvalue weighted by Gasteiger charge is -2.44. The van der Waals surface area contributed by atoms with Crippen molar-refractivity contribution in [3.63, 3.8) is 0 Å². The minimum Gasteiger partial charge on any atom is -0.437 e. The average Bonchev–Trinajstić information content (AvgIpc) is 2.69. The van der Waals surface area contributed by atoms with Crippen molar-refractivity contribution in [1.29, 1.82) is 0 Å². The Morgan fingerprint density at radius 3 is 2.80 bits per heavy atom. The van der Waals surface area contributed by atoms with E-state index in [0.717, 1.165) is 37.2 Å². The molecule has 0 spiro atoms. The second-order valence-electron chi connectivity index (χ2n) is 7.51. The molecule has 1 aromatic rings. The van der Waals surface area contributed by atoms with Crippen LogP contribution in [-0.4, -0.2) is 57.7 Å². The number of nitrogens with zero attached hydrogens (tertiary/aromatic N) is 4. The summed E-state index contributed by atoms with van der Waals surface area (Å²) in [5.41, 5.74) is 1.05. The maximum atomic E-state index is 14.5. The molecule has 1 unspecified atom stereocenters. The summed E-state index contributed by atoms with van der Waals surface area (Å²) in [6.07, 6.45) is 3.68. The summed E-state index contributed by atoms with van der Waals surface area (Å²) in [6, 6.07) is 0.621. The quantitative estimate of drug-likeness (QED) is 0.811. The molecule has 2 bridgehead atoms. The Kier molecular flexibility index (Phi) is 4.41. The number of piperidine rings is 1. The smallest absolute Gasteiger partial charge is 0.377 e. The average molecular weight is 371 g/mol. The number of anilines is 1. The van der Waals surface area contributed by atoms with Crippen molar-refractivity contribution in [1.82, 2.24) is 15.0 Å². The highest BCUT2D eigenvalue weighted by Gasteiger charge is 2.59. The van der Waals surface area contributed by atoms with E-state index in [1.54, 1.807) is 11.6 Å². The second kappa shape index (κ2) is 6.32. The van der Waals surface area contributed by atoms with Gasteiger partial charge in [-0.3, -0.25) is 0 Å². The molecule has 9 heteroatoms. The van der Waals surface area contributed by atoms with E-state index in [2.05, 4.69) is 15.1 Å². The van der Waals surface area contributed by atoms with Gasteiger partial charge in [0, 0.05) is 25.0 Å². The fourth-order valence-corrected chi connectivity index (χ4v) is 5.07. The molecule has 3 aliphatic heterocycles. The van der Waals surface area contributed by atoms with Crippen molar-refractivity contribution in [2.45, 2.75) is 69.4 Å². The van der Waals surface area contributed by atoms with Crippen LogP contribution in [0.3, 0.4) is 0 Å². The lowest BCUT2D eigenvalue weighted by molar-refractivity contribution is -0.0284. The first-order chi connectivity index (χ1) is 11.9. The highest BCUT2D eigenvalue weighted by Crippen LogP contribution is 2.47. The Labute approximate surface area is 151 Å². The van der Waals surface area contributed by atoms with Gasteiger partial charge in [-0.2, -0.15) is 0 Å². The topological polar surface area (TPSA) is 52.5 Å². The minimum atomic E-state index is -2.75. The van der Waals surface area contributed by atoms with Crippen LogP contribution in [0.4, 0.5) is 14.6 Å². The molecule has 4 rings (SSSR count). The molecule has 1 N–H and O–H groups in total. The molecule has 2 saturated heterocycles. The van der Waals surface area contributed by atoms with Crippen LogP contribution in [0.15, 0.2) is 6.07 Å². The Balaban J connectivity index is 1.64. The predicted molar refractivity (Wildman–Crippen MR) is 93.2 cm³/mol. The molecule has 0 amide bonds. The molecule has 4 heterocycles. The van der Waals surface area contributed by atoms with E-state index in [-0.39, 0.29) is 18.5 Å². The van der Waals surface area contributed by atoms with Gasteiger partial charge in [-0.05, 0) is 50.6 Å². The van der Waals surface area contributed by atoms with Crippen LogP contribution in [0.5, 0.6) is 0 Å². The number of aryl methyl sites for hydroxylation is 1. The molecular formula is C16H22BClF2N4O. The van der Waals surface area contributed by atoms with Gasteiger partial charge in [-0.25, -0.2) is 8.78 Å². The van der Waals surface area contributed by atoms with E-state index >= 15 is 0 Å². The molecule has 3 aliphatic rings. The SMILES string of the molecule is CB(O)N1C2C[C@@H](N3CCCCc4cc(Cl)nnc43)C[C@@H]1C(F)(F)C2. The van der Waals surface area contributed by atoms with Gasteiger partial charge in [0.05, 0.1) is 6.04 Å². The Hall–Kier alpha value is -0.985. The molecule has 0 aliphatic carbocycles. The van der Waals surface area contributed by atoms with Crippen molar-refractivity contribution in [2.75, 3.05) is 11.4 Å². The van der Waals surface area contributed by atoms with Crippen LogP contribution in [0.1, 0.15) is 37.7 Å². The lowest BCUT2D eigenvalue weighted by atomic mass is 9.78. The normalized spacial score (nSPS) is 31.6. The molecule has 25 heavy (non-hydrogen) atoms. The summed E-state index contributed by atoms with van der Waals surface area (Å²) in [6.45, 7) is 2.38. The summed E-state index contributed by atoms with van der Waals surface area (Å²) in [5, 5.41) is 18.6. The van der Waals surface area contributed by atoms with Crippen LogP contribution >= 0.6 is 11.6 Å². The van der Waals surface area contributed by atoms with Crippen molar-refractivity contribution < 1.29 is 13.8 Å². The highest BCUT2D eigenvalue weighted by atomic mass is 35.5. The number of alkyl halides is 2. The van der Waals surface area contributed by atoms with Gasteiger partial charge in [-0.15, -0.1) is 10.2 Å². The van der Waals surface area contributed by atoms with Crippen molar-refractivity contribution >= 4 is 24.5 Å². The summed E-state index contributed by atoms with van der Waals surface area (Å²) >= 11 is 5.99. The van der Waals surface area contributed by atoms with Crippen LogP contribution in [0.2, 0.25) is 12.0 Å². The molecule has 2 fully saturated rings. The van der Waals surface area contributed by atoms with Gasteiger partial charge >= 0.3 is 7.05 Å². The molecular weight excluding hydrogens is 348 g/mol. The predicted octanol–water partition coefficient (Wildman–Crippen LogP) is 2.62. The molecule has 3 atom stereocenters. The molecule has 136 valence electrons. The van der Waals surface area contributed by atoms with Crippen LogP contribution < -0.4 is 4.90 Å². The van der Waals surface area contributed by atoms with Crippen LogP contribution in [0, 0.1) is 0 Å². The van der Waals surface area contributed by atoms with Gasteiger partial charge in [0.1, 0.15) is 0 Å². The molecule has 0 radical (unpaired) electrons. The summed E-state index contributed by atoms with van der Waals surface area (Å²) in [7, 11) is -0.848. The molecule has 1 aromatic heterocycles. The van der Waals surface area contributed by atoms with Gasteiger partial charge in [0.2, 0.25) is 0 Å². The largest absolute Gasteiger partial charge is 0.437 e. The third-order valence-electron chi connectivity index (χ3n) is 5.88. The van der Waals surface area contributed by atoms with Crippen molar-refractivity contribution in [2.24, 2.45) is 0 Å². The van der Waals surface area contributed by atoms with Gasteiger partial charge < -0.3 is 14.7 Å². The number of fused-ring (bicyclic) bond motifs is 3. The molecule has 0 aromatic carbocycles. The number of hydrogen-bond donors (Lipinski definition) is 1. The summed E-state index contributed by atoms with van der Waals surface area (Å²) in [5.74, 6) is -1.96. The summed E-state index contributed by atoms with van der Waals surface area (Å²) in [4.78, 5) is 3.76. The maximum absolute atomic E-state index is 14.5. The van der Waals surface area contributed by atoms with Crippen LogP contribution in [-0.2, 0) is 6.42 Å². The third-order valence-corrected chi connectivity index (χ3v) is 6.06. The first kappa shape index (κ1) is 17.4. The molecule has 0 saturated carbocycles. The Bertz CT molecular complexity index is 665. The van der Waals surface area contributed by atoms with Gasteiger partial charge in [-0.1, -0.05) is 11.6 Å². The zero-order valence-electron chi connectivity index (χ0n) is 14.2. The minimum absolute atomic E-state index is 0.00861. The number of rotatable bonds is 2. The van der Waals surface area contributed by atoms with E-state index in [1.165, 1.54) is 0 Å². The third kappa shape index (κ3) is 3.02. The van der Waals surface area contributed by atoms with E-state index in [1.807, 2.05) is 6.07 Å². The van der Waals surface area contributed by atoms with E-state index in [4.69, 9.17) is 11.6 Å². The van der Waals surface area contributed by atoms with Crippen LogP contribution in [0.25, 0.3) is 0 Å². The fourth-order valence-electron chi connectivity index (χ4n) is 4.90.